The average molecular weight is 236 g/mol. The minimum Gasteiger partial charge on any atom is -0.319 e. The van der Waals surface area contributed by atoms with Gasteiger partial charge in [-0.05, 0) is 36.8 Å². The van der Waals surface area contributed by atoms with E-state index in [0.29, 0.717) is 0 Å². The quantitative estimate of drug-likeness (QED) is 0.870. The minimum atomic E-state index is -0.0892. The fourth-order valence-corrected chi connectivity index (χ4v) is 3.54. The standard InChI is InChI=1S/C11H12N2S2/c1-7-2-5-14-9(7)8-6-15-10(13-8)11(12)3-4-11/h2,5-6H,3-4,12H2,1H3. The average Bonchev–Trinajstić information content (AvgIpc) is 2.70. The van der Waals surface area contributed by atoms with Gasteiger partial charge in [0.2, 0.25) is 0 Å². The monoisotopic (exact) mass is 236 g/mol. The lowest BCUT2D eigenvalue weighted by molar-refractivity contribution is 0.732. The molecule has 4 heteroatoms. The van der Waals surface area contributed by atoms with Crippen LogP contribution in [0, 0.1) is 6.92 Å². The number of thiophene rings is 1. The topological polar surface area (TPSA) is 38.9 Å². The first-order chi connectivity index (χ1) is 7.19. The van der Waals surface area contributed by atoms with Gasteiger partial charge in [-0.1, -0.05) is 0 Å². The maximum absolute atomic E-state index is 6.12. The van der Waals surface area contributed by atoms with Crippen LogP contribution in [0.2, 0.25) is 0 Å². The zero-order valence-electron chi connectivity index (χ0n) is 8.49. The molecule has 2 nitrogen and oxygen atoms in total. The van der Waals surface area contributed by atoms with Crippen molar-refractivity contribution in [3.63, 3.8) is 0 Å². The van der Waals surface area contributed by atoms with E-state index >= 15 is 0 Å². The summed E-state index contributed by atoms with van der Waals surface area (Å²) in [4.78, 5) is 5.93. The Morgan fingerprint density at radius 1 is 1.40 bits per heavy atom. The summed E-state index contributed by atoms with van der Waals surface area (Å²) in [5.74, 6) is 0. The molecule has 78 valence electrons. The normalized spacial score (nSPS) is 18.0. The molecule has 2 N–H and O–H groups in total. The predicted octanol–water partition coefficient (Wildman–Crippen LogP) is 3.13. The molecule has 0 saturated heterocycles. The van der Waals surface area contributed by atoms with Gasteiger partial charge in [0.15, 0.2) is 0 Å². The van der Waals surface area contributed by atoms with Crippen LogP contribution in [0.5, 0.6) is 0 Å². The molecule has 15 heavy (non-hydrogen) atoms. The lowest BCUT2D eigenvalue weighted by Crippen LogP contribution is -2.18. The zero-order valence-corrected chi connectivity index (χ0v) is 10.1. The van der Waals surface area contributed by atoms with Crippen molar-refractivity contribution >= 4 is 22.7 Å². The molecule has 1 saturated carbocycles. The predicted molar refractivity (Wildman–Crippen MR) is 65.3 cm³/mol. The van der Waals surface area contributed by atoms with Crippen molar-refractivity contribution in [2.24, 2.45) is 5.73 Å². The number of rotatable bonds is 2. The molecule has 0 amide bonds. The first-order valence-corrected chi connectivity index (χ1v) is 6.74. The first-order valence-electron chi connectivity index (χ1n) is 4.98. The molecular weight excluding hydrogens is 224 g/mol. The Labute approximate surface area is 96.8 Å². The molecule has 0 aromatic carbocycles. The number of hydrogen-bond acceptors (Lipinski definition) is 4. The molecule has 2 aromatic heterocycles. The summed E-state index contributed by atoms with van der Waals surface area (Å²) >= 11 is 3.45. The number of aryl methyl sites for hydroxylation is 1. The number of nitrogens with zero attached hydrogens (tertiary/aromatic N) is 1. The van der Waals surface area contributed by atoms with Gasteiger partial charge < -0.3 is 5.73 Å². The largest absolute Gasteiger partial charge is 0.319 e. The molecule has 1 aliphatic carbocycles. The highest BCUT2D eigenvalue weighted by Gasteiger charge is 2.42. The van der Waals surface area contributed by atoms with E-state index in [0.717, 1.165) is 23.5 Å². The van der Waals surface area contributed by atoms with Gasteiger partial charge in [-0.2, -0.15) is 0 Å². The zero-order chi connectivity index (χ0) is 10.5. The Morgan fingerprint density at radius 3 is 2.80 bits per heavy atom. The van der Waals surface area contributed by atoms with Crippen molar-refractivity contribution in [2.75, 3.05) is 0 Å². The van der Waals surface area contributed by atoms with E-state index in [-0.39, 0.29) is 5.54 Å². The van der Waals surface area contributed by atoms with Gasteiger partial charge in [-0.25, -0.2) is 4.98 Å². The summed E-state index contributed by atoms with van der Waals surface area (Å²) in [6.07, 6.45) is 2.17. The maximum Gasteiger partial charge on any atom is 0.113 e. The summed E-state index contributed by atoms with van der Waals surface area (Å²) in [6.45, 7) is 2.13. The van der Waals surface area contributed by atoms with Crippen LogP contribution >= 0.6 is 22.7 Å². The number of hydrogen-bond donors (Lipinski definition) is 1. The highest BCUT2D eigenvalue weighted by atomic mass is 32.1. The van der Waals surface area contributed by atoms with Crippen molar-refractivity contribution in [1.82, 2.24) is 4.98 Å². The smallest absolute Gasteiger partial charge is 0.113 e. The van der Waals surface area contributed by atoms with Crippen LogP contribution in [-0.2, 0) is 5.54 Å². The van der Waals surface area contributed by atoms with Gasteiger partial charge in [-0.3, -0.25) is 0 Å². The molecular formula is C11H12N2S2. The summed E-state index contributed by atoms with van der Waals surface area (Å²) in [6, 6.07) is 2.13. The summed E-state index contributed by atoms with van der Waals surface area (Å²) in [5.41, 5.74) is 8.44. The molecule has 2 heterocycles. The lowest BCUT2D eigenvalue weighted by Gasteiger charge is -2.01. The number of aromatic nitrogens is 1. The van der Waals surface area contributed by atoms with Crippen LogP contribution in [0.25, 0.3) is 10.6 Å². The fraction of sp³-hybridized carbons (Fsp3) is 0.364. The van der Waals surface area contributed by atoms with E-state index in [1.165, 1.54) is 10.4 Å². The maximum atomic E-state index is 6.12. The van der Waals surface area contributed by atoms with Crippen molar-refractivity contribution in [2.45, 2.75) is 25.3 Å². The van der Waals surface area contributed by atoms with Crippen LogP contribution in [0.15, 0.2) is 16.8 Å². The Kier molecular flexibility index (Phi) is 1.99. The van der Waals surface area contributed by atoms with E-state index in [1.54, 1.807) is 22.7 Å². The highest BCUT2D eigenvalue weighted by molar-refractivity contribution is 7.14. The molecule has 0 spiro atoms. The summed E-state index contributed by atoms with van der Waals surface area (Å²) in [5, 5.41) is 5.34. The number of thiazole rings is 1. The van der Waals surface area contributed by atoms with Crippen LogP contribution in [0.3, 0.4) is 0 Å². The Hall–Kier alpha value is -0.710. The molecule has 0 atom stereocenters. The molecule has 0 aliphatic heterocycles. The molecule has 3 rings (SSSR count). The second kappa shape index (κ2) is 3.14. The molecule has 2 aromatic rings. The van der Waals surface area contributed by atoms with E-state index in [4.69, 9.17) is 5.73 Å². The molecule has 0 radical (unpaired) electrons. The Balaban J connectivity index is 2.01. The van der Waals surface area contributed by atoms with Crippen molar-refractivity contribution in [1.29, 1.82) is 0 Å². The van der Waals surface area contributed by atoms with E-state index in [1.807, 2.05) is 0 Å². The van der Waals surface area contributed by atoms with Crippen molar-refractivity contribution < 1.29 is 0 Å². The third-order valence-electron chi connectivity index (χ3n) is 2.81. The fourth-order valence-electron chi connectivity index (χ4n) is 1.59. The van der Waals surface area contributed by atoms with Gasteiger partial charge in [0.25, 0.3) is 0 Å². The summed E-state index contributed by atoms with van der Waals surface area (Å²) < 4.78 is 0. The van der Waals surface area contributed by atoms with Gasteiger partial charge in [-0.15, -0.1) is 22.7 Å². The molecule has 0 unspecified atom stereocenters. The van der Waals surface area contributed by atoms with Crippen LogP contribution in [0.1, 0.15) is 23.4 Å². The van der Waals surface area contributed by atoms with Gasteiger partial charge in [0.1, 0.15) is 5.01 Å². The summed E-state index contributed by atoms with van der Waals surface area (Å²) in [7, 11) is 0. The van der Waals surface area contributed by atoms with Gasteiger partial charge >= 0.3 is 0 Å². The van der Waals surface area contributed by atoms with Crippen LogP contribution < -0.4 is 5.73 Å². The van der Waals surface area contributed by atoms with E-state index in [9.17, 15) is 0 Å². The molecule has 1 aliphatic rings. The highest BCUT2D eigenvalue weighted by Crippen LogP contribution is 2.45. The number of nitrogens with two attached hydrogens (primary N) is 1. The Bertz CT molecular complexity index is 494. The van der Waals surface area contributed by atoms with Gasteiger partial charge in [0, 0.05) is 5.38 Å². The second-order valence-electron chi connectivity index (χ2n) is 4.13. The third kappa shape index (κ3) is 1.53. The van der Waals surface area contributed by atoms with Gasteiger partial charge in [0.05, 0.1) is 16.1 Å². The van der Waals surface area contributed by atoms with Crippen LogP contribution in [-0.4, -0.2) is 4.98 Å². The van der Waals surface area contributed by atoms with E-state index in [2.05, 4.69) is 28.7 Å². The second-order valence-corrected chi connectivity index (χ2v) is 5.90. The molecule has 1 fully saturated rings. The molecule has 0 bridgehead atoms. The SMILES string of the molecule is Cc1ccsc1-c1csc(C2(N)CC2)n1. The minimum absolute atomic E-state index is 0.0892. The van der Waals surface area contributed by atoms with Crippen molar-refractivity contribution in [3.8, 4) is 10.6 Å². The van der Waals surface area contributed by atoms with Crippen LogP contribution in [0.4, 0.5) is 0 Å². The Morgan fingerprint density at radius 2 is 2.20 bits per heavy atom. The van der Waals surface area contributed by atoms with Crippen molar-refractivity contribution in [3.05, 3.63) is 27.4 Å². The lowest BCUT2D eigenvalue weighted by atomic mass is 10.2. The third-order valence-corrected chi connectivity index (χ3v) is 4.91. The first kappa shape index (κ1) is 9.51. The van der Waals surface area contributed by atoms with E-state index < -0.39 is 0 Å².